The van der Waals surface area contributed by atoms with E-state index in [0.29, 0.717) is 12.1 Å². The van der Waals surface area contributed by atoms with E-state index < -0.39 is 0 Å². The number of nitrogens with zero attached hydrogens (tertiary/aromatic N) is 3. The average molecular weight is 394 g/mol. The number of aliphatic imine (C=N–C) groups is 1. The van der Waals surface area contributed by atoms with Crippen LogP contribution in [0.3, 0.4) is 0 Å². The van der Waals surface area contributed by atoms with Gasteiger partial charge < -0.3 is 15.2 Å². The molecule has 0 saturated carbocycles. The molecular weight excluding hydrogens is 365 g/mol. The van der Waals surface area contributed by atoms with Gasteiger partial charge in [-0.2, -0.15) is 0 Å². The Bertz CT molecular complexity index is 933. The van der Waals surface area contributed by atoms with Crippen LogP contribution in [0.2, 0.25) is 0 Å². The fraction of sp³-hybridized carbons (Fsp3) is 0.304. The van der Waals surface area contributed by atoms with Crippen LogP contribution in [-0.2, 0) is 19.5 Å². The summed E-state index contributed by atoms with van der Waals surface area (Å²) in [6.07, 6.45) is 4.65. The number of hydrogen-bond donors (Lipinski definition) is 2. The van der Waals surface area contributed by atoms with Crippen molar-refractivity contribution < 1.29 is 4.39 Å². The molecule has 0 atom stereocenters. The van der Waals surface area contributed by atoms with Crippen molar-refractivity contribution in [2.75, 3.05) is 13.1 Å². The SMILES string of the molecule is CCNC(=NCc1ccc(F)c(C)c1)NCCc1nccn1Cc1ccccc1. The molecule has 0 spiro atoms. The summed E-state index contributed by atoms with van der Waals surface area (Å²) in [6.45, 7) is 6.61. The number of aryl methyl sites for hydroxylation is 1. The predicted octanol–water partition coefficient (Wildman–Crippen LogP) is 3.68. The third-order valence-electron chi connectivity index (χ3n) is 4.62. The molecule has 152 valence electrons. The summed E-state index contributed by atoms with van der Waals surface area (Å²) in [4.78, 5) is 9.10. The lowest BCUT2D eigenvalue weighted by Gasteiger charge is -2.12. The van der Waals surface area contributed by atoms with Gasteiger partial charge in [-0.25, -0.2) is 14.4 Å². The number of guanidine groups is 1. The van der Waals surface area contributed by atoms with Gasteiger partial charge in [0.1, 0.15) is 11.6 Å². The lowest BCUT2D eigenvalue weighted by atomic mass is 10.1. The van der Waals surface area contributed by atoms with Crippen LogP contribution < -0.4 is 10.6 Å². The molecule has 0 radical (unpaired) electrons. The highest BCUT2D eigenvalue weighted by atomic mass is 19.1. The first-order valence-electron chi connectivity index (χ1n) is 9.97. The molecule has 0 unspecified atom stereocenters. The minimum absolute atomic E-state index is 0.186. The van der Waals surface area contributed by atoms with Crippen molar-refractivity contribution >= 4 is 5.96 Å². The van der Waals surface area contributed by atoms with Crippen LogP contribution in [-0.4, -0.2) is 28.6 Å². The van der Waals surface area contributed by atoms with Crippen molar-refractivity contribution in [3.05, 3.63) is 89.3 Å². The minimum Gasteiger partial charge on any atom is -0.357 e. The van der Waals surface area contributed by atoms with E-state index in [0.717, 1.165) is 43.4 Å². The number of hydrogen-bond acceptors (Lipinski definition) is 2. The van der Waals surface area contributed by atoms with Crippen LogP contribution in [0, 0.1) is 12.7 Å². The van der Waals surface area contributed by atoms with Crippen LogP contribution >= 0.6 is 0 Å². The number of halogens is 1. The summed E-state index contributed by atoms with van der Waals surface area (Å²) in [6, 6.07) is 15.5. The second-order valence-corrected chi connectivity index (χ2v) is 6.91. The molecule has 3 aromatic rings. The van der Waals surface area contributed by atoms with Gasteiger partial charge >= 0.3 is 0 Å². The van der Waals surface area contributed by atoms with Gasteiger partial charge in [0.15, 0.2) is 5.96 Å². The zero-order chi connectivity index (χ0) is 20.5. The summed E-state index contributed by atoms with van der Waals surface area (Å²) in [7, 11) is 0. The van der Waals surface area contributed by atoms with Gasteiger partial charge in [-0.15, -0.1) is 0 Å². The zero-order valence-corrected chi connectivity index (χ0v) is 17.0. The van der Waals surface area contributed by atoms with Gasteiger partial charge in [0.2, 0.25) is 0 Å². The molecule has 0 aliphatic heterocycles. The van der Waals surface area contributed by atoms with Gasteiger partial charge in [-0.1, -0.05) is 42.5 Å². The Hall–Kier alpha value is -3.15. The first-order valence-corrected chi connectivity index (χ1v) is 9.97. The smallest absolute Gasteiger partial charge is 0.191 e. The predicted molar refractivity (Wildman–Crippen MR) is 115 cm³/mol. The Morgan fingerprint density at radius 2 is 1.93 bits per heavy atom. The molecule has 1 aromatic heterocycles. The highest BCUT2D eigenvalue weighted by Gasteiger charge is 2.05. The Balaban J connectivity index is 1.56. The standard InChI is InChI=1S/C23H28FN5/c1-3-25-23(28-16-20-9-10-21(24)18(2)15-20)27-12-11-22-26-13-14-29(22)17-19-7-5-4-6-8-19/h4-10,13-15H,3,11-12,16-17H2,1-2H3,(H2,25,27,28). The maximum Gasteiger partial charge on any atom is 0.191 e. The van der Waals surface area contributed by atoms with Crippen molar-refractivity contribution in [2.45, 2.75) is 33.4 Å². The molecule has 0 aliphatic carbocycles. The highest BCUT2D eigenvalue weighted by molar-refractivity contribution is 5.79. The van der Waals surface area contributed by atoms with Crippen LogP contribution in [0.4, 0.5) is 4.39 Å². The molecule has 5 nitrogen and oxygen atoms in total. The molecule has 3 rings (SSSR count). The van der Waals surface area contributed by atoms with Gasteiger partial charge in [0.25, 0.3) is 0 Å². The average Bonchev–Trinajstić information content (AvgIpc) is 3.16. The first kappa shape index (κ1) is 20.6. The van der Waals surface area contributed by atoms with E-state index >= 15 is 0 Å². The van der Waals surface area contributed by atoms with Crippen molar-refractivity contribution in [1.82, 2.24) is 20.2 Å². The number of imidazole rings is 1. The van der Waals surface area contributed by atoms with Crippen molar-refractivity contribution in [3.8, 4) is 0 Å². The van der Waals surface area contributed by atoms with E-state index in [-0.39, 0.29) is 5.82 Å². The van der Waals surface area contributed by atoms with Crippen LogP contribution in [0.25, 0.3) is 0 Å². The summed E-state index contributed by atoms with van der Waals surface area (Å²) >= 11 is 0. The summed E-state index contributed by atoms with van der Waals surface area (Å²) in [5.74, 6) is 1.59. The van der Waals surface area contributed by atoms with Crippen molar-refractivity contribution in [3.63, 3.8) is 0 Å². The maximum atomic E-state index is 13.4. The van der Waals surface area contributed by atoms with E-state index in [1.807, 2.05) is 31.5 Å². The van der Waals surface area contributed by atoms with Gasteiger partial charge in [-0.05, 0) is 36.6 Å². The van der Waals surface area contributed by atoms with Gasteiger partial charge in [0, 0.05) is 38.4 Å². The zero-order valence-electron chi connectivity index (χ0n) is 17.0. The second-order valence-electron chi connectivity index (χ2n) is 6.91. The largest absolute Gasteiger partial charge is 0.357 e. The van der Waals surface area contributed by atoms with E-state index in [9.17, 15) is 4.39 Å². The summed E-state index contributed by atoms with van der Waals surface area (Å²) in [5, 5.41) is 6.61. The lowest BCUT2D eigenvalue weighted by Crippen LogP contribution is -2.38. The molecule has 0 fully saturated rings. The van der Waals surface area contributed by atoms with Crippen LogP contribution in [0.1, 0.15) is 29.4 Å². The van der Waals surface area contributed by atoms with Crippen LogP contribution in [0.5, 0.6) is 0 Å². The van der Waals surface area contributed by atoms with E-state index in [2.05, 4.69) is 49.4 Å². The van der Waals surface area contributed by atoms with Crippen LogP contribution in [0.15, 0.2) is 65.9 Å². The molecule has 29 heavy (non-hydrogen) atoms. The number of nitrogens with one attached hydrogen (secondary N) is 2. The minimum atomic E-state index is -0.186. The Morgan fingerprint density at radius 1 is 1.10 bits per heavy atom. The fourth-order valence-corrected chi connectivity index (χ4v) is 3.10. The topological polar surface area (TPSA) is 54.2 Å². The molecular formula is C23H28FN5. The molecule has 0 aliphatic rings. The number of aromatic nitrogens is 2. The first-order chi connectivity index (χ1) is 14.2. The monoisotopic (exact) mass is 393 g/mol. The molecule has 1 heterocycles. The van der Waals surface area contributed by atoms with E-state index in [4.69, 9.17) is 0 Å². The molecule has 2 N–H and O–H groups in total. The number of benzene rings is 2. The fourth-order valence-electron chi connectivity index (χ4n) is 3.10. The number of rotatable bonds is 8. The van der Waals surface area contributed by atoms with Gasteiger partial charge in [-0.3, -0.25) is 0 Å². The van der Waals surface area contributed by atoms with E-state index in [1.165, 1.54) is 11.6 Å². The molecule has 2 aromatic carbocycles. The second kappa shape index (κ2) is 10.4. The van der Waals surface area contributed by atoms with Crippen molar-refractivity contribution in [1.29, 1.82) is 0 Å². The summed E-state index contributed by atoms with van der Waals surface area (Å²) in [5.41, 5.74) is 2.88. The van der Waals surface area contributed by atoms with Crippen molar-refractivity contribution in [2.24, 2.45) is 4.99 Å². The molecule has 0 bridgehead atoms. The summed E-state index contributed by atoms with van der Waals surface area (Å²) < 4.78 is 15.6. The quantitative estimate of drug-likeness (QED) is 0.453. The Morgan fingerprint density at radius 3 is 2.69 bits per heavy atom. The third kappa shape index (κ3) is 6.17. The highest BCUT2D eigenvalue weighted by Crippen LogP contribution is 2.10. The van der Waals surface area contributed by atoms with Gasteiger partial charge in [0.05, 0.1) is 6.54 Å². The van der Waals surface area contributed by atoms with E-state index in [1.54, 1.807) is 13.0 Å². The third-order valence-corrected chi connectivity index (χ3v) is 4.62. The molecule has 0 amide bonds. The normalized spacial score (nSPS) is 11.5. The Labute approximate surface area is 171 Å². The molecule has 6 heteroatoms. The maximum absolute atomic E-state index is 13.4. The lowest BCUT2D eigenvalue weighted by molar-refractivity contribution is 0.617. The molecule has 0 saturated heterocycles. The Kier molecular flexibility index (Phi) is 7.39.